The predicted octanol–water partition coefficient (Wildman–Crippen LogP) is -0.422. The molecule has 1 aromatic carbocycles. The molecule has 4 atom stereocenters. The van der Waals surface area contributed by atoms with Crippen molar-refractivity contribution in [3.8, 4) is 5.75 Å². The van der Waals surface area contributed by atoms with Gasteiger partial charge in [-0.2, -0.15) is 0 Å². The van der Waals surface area contributed by atoms with E-state index in [9.17, 15) is 15.0 Å². The number of hydrogen-bond donors (Lipinski definition) is 3. The molecule has 2 aliphatic rings. The number of aliphatic hydroxyl groups is 1. The van der Waals surface area contributed by atoms with Crippen molar-refractivity contribution < 1.29 is 24.5 Å². The summed E-state index contributed by atoms with van der Waals surface area (Å²) in [6.45, 7) is 0.590. The van der Waals surface area contributed by atoms with Crippen LogP contribution in [0.4, 0.5) is 0 Å². The van der Waals surface area contributed by atoms with Gasteiger partial charge in [-0.3, -0.25) is 4.79 Å². The van der Waals surface area contributed by atoms with E-state index in [0.717, 1.165) is 5.56 Å². The highest BCUT2D eigenvalue weighted by Gasteiger charge is 2.47. The van der Waals surface area contributed by atoms with Crippen molar-refractivity contribution in [1.82, 2.24) is 5.32 Å². The number of ether oxygens (including phenoxy) is 2. The van der Waals surface area contributed by atoms with E-state index in [4.69, 9.17) is 9.47 Å². The second kappa shape index (κ2) is 5.40. The topological polar surface area (TPSA) is 88.0 Å². The molecule has 6 nitrogen and oxygen atoms in total. The number of carbonyl (C=O) groups is 1. The van der Waals surface area contributed by atoms with Crippen LogP contribution in [0.3, 0.4) is 0 Å². The largest absolute Gasteiger partial charge is 0.508 e. The van der Waals surface area contributed by atoms with E-state index in [1.165, 1.54) is 0 Å². The Labute approximate surface area is 116 Å². The number of carbonyl (C=O) groups excluding carboxylic acids is 1. The minimum Gasteiger partial charge on any atom is -0.508 e. The second-order valence-corrected chi connectivity index (χ2v) is 5.18. The molecule has 1 aromatic rings. The molecule has 20 heavy (non-hydrogen) atoms. The average Bonchev–Trinajstić information content (AvgIpc) is 2.94. The SMILES string of the molecule is O=C(Cc1cccc(O)c1)N[C@H]1CO[C@H]2[C@@H]1OC[C@H]2O. The minimum absolute atomic E-state index is 0.141. The van der Waals surface area contributed by atoms with Crippen molar-refractivity contribution in [1.29, 1.82) is 0 Å². The summed E-state index contributed by atoms with van der Waals surface area (Å²) in [4.78, 5) is 12.0. The van der Waals surface area contributed by atoms with Gasteiger partial charge in [-0.05, 0) is 17.7 Å². The summed E-state index contributed by atoms with van der Waals surface area (Å²) in [6.07, 6.45) is -1.06. The Kier molecular flexibility index (Phi) is 3.60. The number of phenolic OH excluding ortho intramolecular Hbond substituents is 1. The fourth-order valence-electron chi connectivity index (χ4n) is 2.71. The third-order valence-electron chi connectivity index (χ3n) is 3.65. The summed E-state index contributed by atoms with van der Waals surface area (Å²) in [6, 6.07) is 6.36. The van der Waals surface area contributed by atoms with Crippen molar-refractivity contribution >= 4 is 5.91 Å². The van der Waals surface area contributed by atoms with Gasteiger partial charge in [0.25, 0.3) is 0 Å². The fraction of sp³-hybridized carbons (Fsp3) is 0.500. The van der Waals surface area contributed by atoms with Crippen molar-refractivity contribution in [2.75, 3.05) is 13.2 Å². The Morgan fingerprint density at radius 1 is 1.30 bits per heavy atom. The lowest BCUT2D eigenvalue weighted by atomic mass is 10.1. The number of benzene rings is 1. The van der Waals surface area contributed by atoms with E-state index >= 15 is 0 Å². The number of amides is 1. The molecule has 0 unspecified atom stereocenters. The molecule has 0 aliphatic carbocycles. The second-order valence-electron chi connectivity index (χ2n) is 5.18. The molecule has 2 heterocycles. The number of hydrogen-bond acceptors (Lipinski definition) is 5. The summed E-state index contributed by atoms with van der Waals surface area (Å²) in [5.74, 6) is -0.0170. The molecule has 3 rings (SSSR count). The van der Waals surface area contributed by atoms with Gasteiger partial charge in [-0.15, -0.1) is 0 Å². The van der Waals surface area contributed by atoms with Gasteiger partial charge in [0.15, 0.2) is 0 Å². The Morgan fingerprint density at radius 3 is 2.90 bits per heavy atom. The van der Waals surface area contributed by atoms with Gasteiger partial charge in [0, 0.05) is 0 Å². The van der Waals surface area contributed by atoms with Crippen LogP contribution in [0, 0.1) is 0 Å². The van der Waals surface area contributed by atoms with E-state index < -0.39 is 6.10 Å². The normalized spacial score (nSPS) is 32.0. The maximum absolute atomic E-state index is 12.0. The molecule has 1 amide bonds. The van der Waals surface area contributed by atoms with Gasteiger partial charge in [0.2, 0.25) is 5.91 Å². The van der Waals surface area contributed by atoms with Crippen LogP contribution in [-0.4, -0.2) is 53.7 Å². The number of nitrogens with one attached hydrogen (secondary N) is 1. The standard InChI is InChI=1S/C14H17NO5/c16-9-3-1-2-8(4-9)5-12(18)15-10-6-19-14-11(17)7-20-13(10)14/h1-4,10-11,13-14,16-17H,5-7H2,(H,15,18)/t10-,11+,13+,14+/m0/s1. The zero-order valence-electron chi connectivity index (χ0n) is 10.9. The summed E-state index contributed by atoms with van der Waals surface area (Å²) in [5.41, 5.74) is 0.741. The van der Waals surface area contributed by atoms with Gasteiger partial charge in [-0.1, -0.05) is 12.1 Å². The third-order valence-corrected chi connectivity index (χ3v) is 3.65. The summed E-state index contributed by atoms with van der Waals surface area (Å²) in [7, 11) is 0. The Balaban J connectivity index is 1.57. The van der Waals surface area contributed by atoms with E-state index in [0.29, 0.717) is 6.61 Å². The van der Waals surface area contributed by atoms with E-state index in [2.05, 4.69) is 5.32 Å². The lowest BCUT2D eigenvalue weighted by molar-refractivity contribution is -0.121. The molecule has 0 radical (unpaired) electrons. The van der Waals surface area contributed by atoms with Crippen LogP contribution in [0.1, 0.15) is 5.56 Å². The van der Waals surface area contributed by atoms with Crippen molar-refractivity contribution in [3.63, 3.8) is 0 Å². The number of phenols is 1. The Bertz CT molecular complexity index is 506. The van der Waals surface area contributed by atoms with Crippen LogP contribution in [0.2, 0.25) is 0 Å². The van der Waals surface area contributed by atoms with Gasteiger partial charge >= 0.3 is 0 Å². The molecule has 6 heteroatoms. The van der Waals surface area contributed by atoms with Crippen molar-refractivity contribution in [2.45, 2.75) is 30.8 Å². The maximum atomic E-state index is 12.0. The van der Waals surface area contributed by atoms with E-state index in [1.807, 2.05) is 0 Å². The average molecular weight is 279 g/mol. The summed E-state index contributed by atoms with van der Waals surface area (Å²) in [5, 5.41) is 21.8. The van der Waals surface area contributed by atoms with E-state index in [1.54, 1.807) is 24.3 Å². The molecule has 2 aliphatic heterocycles. The van der Waals surface area contributed by atoms with Gasteiger partial charge in [0.1, 0.15) is 24.1 Å². The lowest BCUT2D eigenvalue weighted by Crippen LogP contribution is -2.44. The minimum atomic E-state index is -0.618. The van der Waals surface area contributed by atoms with Gasteiger partial charge in [0.05, 0.1) is 25.7 Å². The van der Waals surface area contributed by atoms with Crippen molar-refractivity contribution in [2.24, 2.45) is 0 Å². The smallest absolute Gasteiger partial charge is 0.224 e. The highest BCUT2D eigenvalue weighted by Crippen LogP contribution is 2.27. The van der Waals surface area contributed by atoms with Crippen LogP contribution < -0.4 is 5.32 Å². The van der Waals surface area contributed by atoms with Crippen LogP contribution in [0.25, 0.3) is 0 Å². The molecule has 3 N–H and O–H groups in total. The maximum Gasteiger partial charge on any atom is 0.224 e. The molecular weight excluding hydrogens is 262 g/mol. The Hall–Kier alpha value is -1.63. The molecule has 0 saturated carbocycles. The monoisotopic (exact) mass is 279 g/mol. The van der Waals surface area contributed by atoms with Gasteiger partial charge in [-0.25, -0.2) is 0 Å². The lowest BCUT2D eigenvalue weighted by Gasteiger charge is -2.17. The van der Waals surface area contributed by atoms with Crippen LogP contribution in [0.5, 0.6) is 5.75 Å². The predicted molar refractivity (Wildman–Crippen MR) is 69.2 cm³/mol. The number of fused-ring (bicyclic) bond motifs is 1. The highest BCUT2D eigenvalue weighted by molar-refractivity contribution is 5.79. The number of aromatic hydroxyl groups is 1. The quantitative estimate of drug-likeness (QED) is 0.699. The summed E-state index contributed by atoms with van der Waals surface area (Å²) < 4.78 is 10.9. The molecule has 0 spiro atoms. The fourth-order valence-corrected chi connectivity index (χ4v) is 2.71. The first-order valence-electron chi connectivity index (χ1n) is 6.62. The highest BCUT2D eigenvalue weighted by atomic mass is 16.6. The van der Waals surface area contributed by atoms with Crippen LogP contribution in [-0.2, 0) is 20.7 Å². The molecule has 2 saturated heterocycles. The number of rotatable bonds is 3. The van der Waals surface area contributed by atoms with Crippen LogP contribution in [0.15, 0.2) is 24.3 Å². The molecule has 0 bridgehead atoms. The molecular formula is C14H17NO5. The molecule has 108 valence electrons. The first-order valence-corrected chi connectivity index (χ1v) is 6.62. The van der Waals surface area contributed by atoms with Crippen molar-refractivity contribution in [3.05, 3.63) is 29.8 Å². The number of aliphatic hydroxyl groups excluding tert-OH is 1. The third kappa shape index (κ3) is 2.63. The molecule has 0 aromatic heterocycles. The van der Waals surface area contributed by atoms with Gasteiger partial charge < -0.3 is 25.0 Å². The van der Waals surface area contributed by atoms with E-state index in [-0.39, 0.29) is 42.9 Å². The molecule has 2 fully saturated rings. The first-order chi connectivity index (χ1) is 9.63. The van der Waals surface area contributed by atoms with Crippen LogP contribution >= 0.6 is 0 Å². The summed E-state index contributed by atoms with van der Waals surface area (Å²) >= 11 is 0. The zero-order chi connectivity index (χ0) is 14.1. The zero-order valence-corrected chi connectivity index (χ0v) is 10.9. The first kappa shape index (κ1) is 13.4. The Morgan fingerprint density at radius 2 is 2.10 bits per heavy atom.